The van der Waals surface area contributed by atoms with Crippen molar-refractivity contribution in [1.29, 1.82) is 0 Å². The summed E-state index contributed by atoms with van der Waals surface area (Å²) in [6.45, 7) is 14.8. The lowest BCUT2D eigenvalue weighted by molar-refractivity contribution is -0.163. The second-order valence-corrected chi connectivity index (χ2v) is 22.0. The normalized spacial score (nSPS) is 18.6. The van der Waals surface area contributed by atoms with E-state index in [1.807, 2.05) is 38.1 Å². The van der Waals surface area contributed by atoms with Crippen molar-refractivity contribution in [2.45, 2.75) is 151 Å². The number of ether oxygens (including phenoxy) is 3. The number of carbonyl (C=O) groups is 6. The van der Waals surface area contributed by atoms with Gasteiger partial charge in [-0.05, 0) is 115 Å². The maximum absolute atomic E-state index is 16.1. The number of nitrogens with two attached hydrogens (primary N) is 1. The first kappa shape index (κ1) is 56.6. The van der Waals surface area contributed by atoms with Gasteiger partial charge in [-0.15, -0.1) is 0 Å². The fourth-order valence-corrected chi connectivity index (χ4v) is 8.86. The van der Waals surface area contributed by atoms with Gasteiger partial charge in [0, 0.05) is 24.6 Å². The Balaban J connectivity index is 1.47. The number of carbonyl (C=O) groups excluding carboxylic acids is 6. The van der Waals surface area contributed by atoms with E-state index in [2.05, 4.69) is 17.6 Å². The number of fused-ring (bicyclic) bond motifs is 1. The van der Waals surface area contributed by atoms with E-state index < -0.39 is 97.1 Å². The van der Waals surface area contributed by atoms with Crippen molar-refractivity contribution in [3.63, 3.8) is 0 Å². The van der Waals surface area contributed by atoms with Crippen LogP contribution in [-0.2, 0) is 75.3 Å². The lowest BCUT2D eigenvalue weighted by Gasteiger charge is -2.33. The van der Waals surface area contributed by atoms with Crippen LogP contribution < -0.4 is 16.4 Å². The number of benzene rings is 2. The Hall–Kier alpha value is -5.03. The van der Waals surface area contributed by atoms with E-state index in [-0.39, 0.29) is 43.6 Å². The second kappa shape index (κ2) is 24.2. The summed E-state index contributed by atoms with van der Waals surface area (Å²) < 4.78 is 71.9. The number of halogens is 2. The number of esters is 2. The molecule has 4 N–H and O–H groups in total. The number of nitrogens with zero attached hydrogens (tertiary/aromatic N) is 1. The highest BCUT2D eigenvalue weighted by molar-refractivity contribution is 7.54. The molecule has 0 aromatic heterocycles. The van der Waals surface area contributed by atoms with Crippen molar-refractivity contribution in [2.75, 3.05) is 20.1 Å². The second-order valence-electron chi connectivity index (χ2n) is 19.9. The van der Waals surface area contributed by atoms with Crippen LogP contribution >= 0.6 is 7.60 Å². The van der Waals surface area contributed by atoms with Crippen molar-refractivity contribution in [3.8, 4) is 0 Å². The number of rotatable bonds is 25. The zero-order valence-electron chi connectivity index (χ0n) is 41.6. The molecule has 6 atom stereocenters. The van der Waals surface area contributed by atoms with Gasteiger partial charge in [0.25, 0.3) is 0 Å². The quantitative estimate of drug-likeness (QED) is 0.0374. The minimum absolute atomic E-state index is 0.0136. The Morgan fingerprint density at radius 1 is 0.855 bits per heavy atom. The third-order valence-electron chi connectivity index (χ3n) is 12.1. The molecule has 1 saturated heterocycles. The number of nitrogens with one attached hydrogen (secondary N) is 2. The molecule has 0 bridgehead atoms. The fourth-order valence-electron chi connectivity index (χ4n) is 7.61. The molecule has 16 nitrogen and oxygen atoms in total. The summed E-state index contributed by atoms with van der Waals surface area (Å²) in [4.78, 5) is 80.0. The fraction of sp³-hybridized carbons (Fsp3) is 0.600. The summed E-state index contributed by atoms with van der Waals surface area (Å²) in [5.74, 6) is -3.53. The summed E-state index contributed by atoms with van der Waals surface area (Å²) in [5.41, 5.74) is 1.07. The zero-order chi connectivity index (χ0) is 51.5. The Labute approximate surface area is 404 Å². The van der Waals surface area contributed by atoms with Gasteiger partial charge in [-0.1, -0.05) is 75.2 Å². The van der Waals surface area contributed by atoms with Crippen LogP contribution in [-0.4, -0.2) is 84.8 Å². The highest BCUT2D eigenvalue weighted by Gasteiger charge is 2.58. The number of amides is 4. The lowest BCUT2D eigenvalue weighted by atomic mass is 9.98. The number of primary amides is 1. The maximum Gasteiger partial charge on any atom is 0.410 e. The molecule has 1 aliphatic carbocycles. The van der Waals surface area contributed by atoms with Crippen LogP contribution in [0.1, 0.15) is 130 Å². The molecule has 1 aliphatic heterocycles. The van der Waals surface area contributed by atoms with Crippen molar-refractivity contribution in [3.05, 3.63) is 76.9 Å². The molecule has 2 aliphatic rings. The third-order valence-corrected chi connectivity index (χ3v) is 14.0. The van der Waals surface area contributed by atoms with Crippen LogP contribution in [0.5, 0.6) is 0 Å². The molecule has 1 saturated carbocycles. The van der Waals surface area contributed by atoms with E-state index in [1.165, 1.54) is 70.2 Å². The molecular weight excluding hydrogens is 918 g/mol. The van der Waals surface area contributed by atoms with Crippen LogP contribution in [0.2, 0.25) is 0 Å². The van der Waals surface area contributed by atoms with Crippen LogP contribution in [0.3, 0.4) is 0 Å². The highest BCUT2D eigenvalue weighted by atomic mass is 31.2. The predicted octanol–water partition coefficient (Wildman–Crippen LogP) is 7.90. The SMILES string of the molecule is CCCC[C@H](NC(=O)/C=C(\C)c1ccc(C(F)(F)P(=O)(OCOC(=O)C(C)(C)C)OCOC(=O)C(C)(C)C)cc1)C(=O)N1C[C@H]2C[C@H]2[C@H]1C(=O)N[C@@H](CCC(N)=O)[C@@H](C)OCc1ccc(CC)cc1. The summed E-state index contributed by atoms with van der Waals surface area (Å²) in [6.07, 6.45) is 4.23. The van der Waals surface area contributed by atoms with Crippen molar-refractivity contribution in [1.82, 2.24) is 15.5 Å². The molecule has 69 heavy (non-hydrogen) atoms. The molecule has 2 aromatic rings. The van der Waals surface area contributed by atoms with Crippen molar-refractivity contribution >= 4 is 48.7 Å². The minimum Gasteiger partial charge on any atom is -0.438 e. The van der Waals surface area contributed by atoms with E-state index in [4.69, 9.17) is 29.0 Å². The molecule has 0 unspecified atom stereocenters. The van der Waals surface area contributed by atoms with Gasteiger partial charge in [0.05, 0.1) is 29.6 Å². The zero-order valence-corrected chi connectivity index (χ0v) is 42.5. The summed E-state index contributed by atoms with van der Waals surface area (Å²) in [7, 11) is -5.56. The van der Waals surface area contributed by atoms with E-state index in [0.717, 1.165) is 37.0 Å². The monoisotopic (exact) mass is 988 g/mol. The standard InChI is InChI=1S/C50H71F2N4O12P/c1-11-13-14-40(45(60)56-27-36-26-38(36)43(56)44(59)55-39(23-24-41(53)57)32(4)64-28-34-17-15-33(12-2)16-18-34)54-42(58)25-31(3)35-19-21-37(22-20-35)50(51,52)69(63,67-29-65-46(61)48(5,6)7)68-30-66-47(62)49(8,9)10/h15-22,25,32,36,38-40,43H,11-14,23-24,26-30H2,1-10H3,(H2,53,57)(H,54,58)(H,55,59)/b31-25+/t32-,36-,38-,39+,40+,43+/m1/s1. The number of hydrogen-bond donors (Lipinski definition) is 3. The number of piperidine rings is 1. The van der Waals surface area contributed by atoms with E-state index in [9.17, 15) is 33.3 Å². The number of alkyl halides is 2. The molecule has 4 rings (SSSR count). The number of hydrogen-bond acceptors (Lipinski definition) is 12. The van der Waals surface area contributed by atoms with Crippen LogP contribution in [0.15, 0.2) is 54.6 Å². The van der Waals surface area contributed by atoms with Gasteiger partial charge in [0.1, 0.15) is 12.1 Å². The average Bonchev–Trinajstić information content (AvgIpc) is 3.95. The molecule has 2 aromatic carbocycles. The van der Waals surface area contributed by atoms with Crippen molar-refractivity contribution < 1.29 is 65.4 Å². The number of aryl methyl sites for hydroxylation is 1. The van der Waals surface area contributed by atoms with Crippen LogP contribution in [0, 0.1) is 22.7 Å². The van der Waals surface area contributed by atoms with Gasteiger partial charge in [-0.2, -0.15) is 8.78 Å². The molecule has 0 spiro atoms. The molecule has 1 heterocycles. The van der Waals surface area contributed by atoms with Crippen LogP contribution in [0.4, 0.5) is 8.78 Å². The van der Waals surface area contributed by atoms with Gasteiger partial charge in [0.15, 0.2) is 0 Å². The number of allylic oxidation sites excluding steroid dienone is 1. The smallest absolute Gasteiger partial charge is 0.410 e. The Bertz CT molecular complexity index is 2170. The largest absolute Gasteiger partial charge is 0.438 e. The van der Waals surface area contributed by atoms with Gasteiger partial charge in [-0.25, -0.2) is 0 Å². The van der Waals surface area contributed by atoms with Gasteiger partial charge >= 0.3 is 25.2 Å². The molecule has 0 radical (unpaired) electrons. The Morgan fingerprint density at radius 3 is 1.94 bits per heavy atom. The summed E-state index contributed by atoms with van der Waals surface area (Å²) in [6, 6.07) is 10.1. The number of likely N-dealkylation sites (tertiary alicyclic amines) is 1. The van der Waals surface area contributed by atoms with Gasteiger partial charge in [0.2, 0.25) is 37.2 Å². The Morgan fingerprint density at radius 2 is 1.42 bits per heavy atom. The molecule has 4 amide bonds. The van der Waals surface area contributed by atoms with E-state index >= 15 is 8.78 Å². The van der Waals surface area contributed by atoms with Crippen LogP contribution in [0.25, 0.3) is 5.57 Å². The van der Waals surface area contributed by atoms with Gasteiger partial charge < -0.3 is 35.5 Å². The molecule has 382 valence electrons. The van der Waals surface area contributed by atoms with E-state index in [1.54, 1.807) is 6.92 Å². The first-order valence-electron chi connectivity index (χ1n) is 23.5. The van der Waals surface area contributed by atoms with Crippen molar-refractivity contribution in [2.24, 2.45) is 28.4 Å². The average molecular weight is 989 g/mol. The first-order chi connectivity index (χ1) is 32.2. The molecule has 2 fully saturated rings. The lowest BCUT2D eigenvalue weighted by Crippen LogP contribution is -2.57. The summed E-state index contributed by atoms with van der Waals surface area (Å²) in [5, 5.41) is 5.87. The topological polar surface area (TPSA) is 219 Å². The maximum atomic E-state index is 16.1. The summed E-state index contributed by atoms with van der Waals surface area (Å²) >= 11 is 0. The number of unbranched alkanes of at least 4 members (excludes halogenated alkanes) is 1. The predicted molar refractivity (Wildman–Crippen MR) is 254 cm³/mol. The third kappa shape index (κ3) is 15.7. The molecular formula is C50H71F2N4O12P. The molecule has 19 heteroatoms. The Kier molecular flexibility index (Phi) is 19.8. The first-order valence-corrected chi connectivity index (χ1v) is 25.1. The highest BCUT2D eigenvalue weighted by Crippen LogP contribution is 2.67. The minimum atomic E-state index is -5.56. The van der Waals surface area contributed by atoms with E-state index in [0.29, 0.717) is 24.1 Å². The van der Waals surface area contributed by atoms with Gasteiger partial charge in [-0.3, -0.25) is 42.4 Å².